The summed E-state index contributed by atoms with van der Waals surface area (Å²) in [7, 11) is 1.77. The summed E-state index contributed by atoms with van der Waals surface area (Å²) in [5.41, 5.74) is 1.50. The predicted octanol–water partition coefficient (Wildman–Crippen LogP) is 0.634. The molecular formula is C10H13N5O. The third kappa shape index (κ3) is 2.10. The van der Waals surface area contributed by atoms with Gasteiger partial charge in [-0.25, -0.2) is 0 Å². The van der Waals surface area contributed by atoms with Gasteiger partial charge in [-0.15, -0.1) is 0 Å². The van der Waals surface area contributed by atoms with E-state index in [1.807, 2.05) is 6.92 Å². The lowest BCUT2D eigenvalue weighted by atomic mass is 10.2. The summed E-state index contributed by atoms with van der Waals surface area (Å²) in [6, 6.07) is -0.0774. The fraction of sp³-hybridized carbons (Fsp3) is 0.300. The van der Waals surface area contributed by atoms with Crippen LogP contribution in [0.3, 0.4) is 0 Å². The van der Waals surface area contributed by atoms with Crippen LogP contribution < -0.4 is 5.32 Å². The summed E-state index contributed by atoms with van der Waals surface area (Å²) < 4.78 is 1.59. The standard InChI is InChI=1S/C10H13N5O/c1-7(8-3-11-12-4-8)14-10(16)9-5-13-15(2)6-9/h3-7H,1-2H3,(H,11,12)(H,14,16). The minimum atomic E-state index is -0.137. The molecule has 0 fully saturated rings. The Morgan fingerprint density at radius 3 is 2.94 bits per heavy atom. The van der Waals surface area contributed by atoms with Gasteiger partial charge < -0.3 is 5.32 Å². The van der Waals surface area contributed by atoms with Crippen molar-refractivity contribution in [3.05, 3.63) is 35.9 Å². The molecule has 0 spiro atoms. The van der Waals surface area contributed by atoms with Crippen molar-refractivity contribution >= 4 is 5.91 Å². The molecule has 6 heteroatoms. The lowest BCUT2D eigenvalue weighted by Gasteiger charge is -2.10. The summed E-state index contributed by atoms with van der Waals surface area (Å²) >= 11 is 0. The Morgan fingerprint density at radius 2 is 2.38 bits per heavy atom. The average molecular weight is 219 g/mol. The second-order valence-corrected chi connectivity index (χ2v) is 3.63. The Kier molecular flexibility index (Phi) is 2.72. The van der Waals surface area contributed by atoms with Crippen molar-refractivity contribution in [2.45, 2.75) is 13.0 Å². The Hall–Kier alpha value is -2.11. The molecule has 2 N–H and O–H groups in total. The Balaban J connectivity index is 2.03. The molecule has 0 saturated heterocycles. The molecule has 2 heterocycles. The van der Waals surface area contributed by atoms with Crippen LogP contribution in [0.5, 0.6) is 0 Å². The van der Waals surface area contributed by atoms with Crippen LogP contribution >= 0.6 is 0 Å². The molecule has 1 atom stereocenters. The second kappa shape index (κ2) is 4.18. The molecule has 0 aliphatic carbocycles. The monoisotopic (exact) mass is 219 g/mol. The molecule has 0 aromatic carbocycles. The number of H-pyrrole nitrogens is 1. The third-order valence-electron chi connectivity index (χ3n) is 2.33. The summed E-state index contributed by atoms with van der Waals surface area (Å²) in [6.45, 7) is 1.90. The minimum absolute atomic E-state index is 0.0774. The Morgan fingerprint density at radius 1 is 1.56 bits per heavy atom. The van der Waals surface area contributed by atoms with Crippen molar-refractivity contribution in [3.8, 4) is 0 Å². The van der Waals surface area contributed by atoms with Crippen molar-refractivity contribution in [1.29, 1.82) is 0 Å². The summed E-state index contributed by atoms with van der Waals surface area (Å²) in [5.74, 6) is -0.137. The van der Waals surface area contributed by atoms with Crippen molar-refractivity contribution < 1.29 is 4.79 Å². The van der Waals surface area contributed by atoms with Crippen LogP contribution in [0, 0.1) is 0 Å². The Labute approximate surface area is 92.7 Å². The molecule has 84 valence electrons. The number of carbonyl (C=O) groups is 1. The molecule has 16 heavy (non-hydrogen) atoms. The molecule has 2 rings (SSSR count). The van der Waals surface area contributed by atoms with E-state index in [9.17, 15) is 4.79 Å². The van der Waals surface area contributed by atoms with E-state index in [0.29, 0.717) is 5.56 Å². The van der Waals surface area contributed by atoms with Gasteiger partial charge in [0.15, 0.2) is 0 Å². The maximum Gasteiger partial charge on any atom is 0.254 e. The molecule has 0 saturated carbocycles. The van der Waals surface area contributed by atoms with Gasteiger partial charge in [-0.1, -0.05) is 0 Å². The van der Waals surface area contributed by atoms with E-state index in [1.54, 1.807) is 30.3 Å². The molecule has 1 amide bonds. The van der Waals surface area contributed by atoms with Crippen LogP contribution in [-0.2, 0) is 7.05 Å². The first-order valence-electron chi connectivity index (χ1n) is 4.95. The molecule has 2 aromatic heterocycles. The highest BCUT2D eigenvalue weighted by Gasteiger charge is 2.13. The number of rotatable bonds is 3. The molecule has 2 aromatic rings. The average Bonchev–Trinajstić information content (AvgIpc) is 2.87. The number of carbonyl (C=O) groups excluding carboxylic acids is 1. The van der Waals surface area contributed by atoms with Gasteiger partial charge in [-0.3, -0.25) is 14.6 Å². The number of hydrogen-bond acceptors (Lipinski definition) is 3. The number of hydrogen-bond donors (Lipinski definition) is 2. The largest absolute Gasteiger partial charge is 0.345 e. The van der Waals surface area contributed by atoms with Gasteiger partial charge in [0.1, 0.15) is 0 Å². The fourth-order valence-corrected chi connectivity index (χ4v) is 1.40. The molecular weight excluding hydrogens is 206 g/mol. The van der Waals surface area contributed by atoms with Crippen LogP contribution in [0.25, 0.3) is 0 Å². The zero-order valence-electron chi connectivity index (χ0n) is 9.14. The van der Waals surface area contributed by atoms with Gasteiger partial charge in [0.2, 0.25) is 0 Å². The van der Waals surface area contributed by atoms with E-state index in [-0.39, 0.29) is 11.9 Å². The zero-order valence-corrected chi connectivity index (χ0v) is 9.14. The Bertz CT molecular complexity index is 473. The second-order valence-electron chi connectivity index (χ2n) is 3.63. The van der Waals surface area contributed by atoms with Gasteiger partial charge in [-0.2, -0.15) is 10.2 Å². The maximum atomic E-state index is 11.8. The van der Waals surface area contributed by atoms with E-state index in [0.717, 1.165) is 5.56 Å². The summed E-state index contributed by atoms with van der Waals surface area (Å²) in [5, 5.41) is 13.3. The third-order valence-corrected chi connectivity index (χ3v) is 2.33. The number of aromatic amines is 1. The normalized spacial score (nSPS) is 12.4. The number of aryl methyl sites for hydroxylation is 1. The molecule has 1 unspecified atom stereocenters. The lowest BCUT2D eigenvalue weighted by molar-refractivity contribution is 0.0940. The zero-order chi connectivity index (χ0) is 11.5. The smallest absolute Gasteiger partial charge is 0.254 e. The number of nitrogens with zero attached hydrogens (tertiary/aromatic N) is 3. The maximum absolute atomic E-state index is 11.8. The van der Waals surface area contributed by atoms with E-state index < -0.39 is 0 Å². The SMILES string of the molecule is CC(NC(=O)c1cnn(C)c1)c1cn[nH]c1. The lowest BCUT2D eigenvalue weighted by Crippen LogP contribution is -2.26. The molecule has 0 radical (unpaired) electrons. The number of nitrogens with one attached hydrogen (secondary N) is 2. The number of aromatic nitrogens is 4. The first-order chi connectivity index (χ1) is 7.66. The van der Waals surface area contributed by atoms with Crippen molar-refractivity contribution in [3.63, 3.8) is 0 Å². The minimum Gasteiger partial charge on any atom is -0.345 e. The van der Waals surface area contributed by atoms with Gasteiger partial charge in [0.25, 0.3) is 5.91 Å². The number of amides is 1. The topological polar surface area (TPSA) is 75.6 Å². The van der Waals surface area contributed by atoms with Crippen LogP contribution in [0.2, 0.25) is 0 Å². The highest BCUT2D eigenvalue weighted by molar-refractivity contribution is 5.93. The van der Waals surface area contributed by atoms with Gasteiger partial charge in [0, 0.05) is 25.0 Å². The van der Waals surface area contributed by atoms with Gasteiger partial charge >= 0.3 is 0 Å². The van der Waals surface area contributed by atoms with E-state index in [4.69, 9.17) is 0 Å². The highest BCUT2D eigenvalue weighted by atomic mass is 16.1. The van der Waals surface area contributed by atoms with Crippen LogP contribution in [-0.4, -0.2) is 25.9 Å². The van der Waals surface area contributed by atoms with E-state index in [2.05, 4.69) is 20.6 Å². The van der Waals surface area contributed by atoms with Gasteiger partial charge in [-0.05, 0) is 6.92 Å². The summed E-state index contributed by atoms with van der Waals surface area (Å²) in [6.07, 6.45) is 6.66. The molecule has 0 bridgehead atoms. The van der Waals surface area contributed by atoms with Crippen molar-refractivity contribution in [1.82, 2.24) is 25.3 Å². The first kappa shape index (κ1) is 10.4. The molecule has 0 aliphatic rings. The van der Waals surface area contributed by atoms with Crippen molar-refractivity contribution in [2.24, 2.45) is 7.05 Å². The van der Waals surface area contributed by atoms with Crippen LogP contribution in [0.15, 0.2) is 24.8 Å². The fourth-order valence-electron chi connectivity index (χ4n) is 1.40. The quantitative estimate of drug-likeness (QED) is 0.795. The summed E-state index contributed by atoms with van der Waals surface area (Å²) in [4.78, 5) is 11.8. The molecule has 6 nitrogen and oxygen atoms in total. The highest BCUT2D eigenvalue weighted by Crippen LogP contribution is 2.10. The van der Waals surface area contributed by atoms with E-state index >= 15 is 0 Å². The molecule has 0 aliphatic heterocycles. The van der Waals surface area contributed by atoms with Crippen LogP contribution in [0.4, 0.5) is 0 Å². The van der Waals surface area contributed by atoms with Crippen LogP contribution in [0.1, 0.15) is 28.9 Å². The first-order valence-corrected chi connectivity index (χ1v) is 4.95. The predicted molar refractivity (Wildman–Crippen MR) is 57.7 cm³/mol. The van der Waals surface area contributed by atoms with E-state index in [1.165, 1.54) is 6.20 Å². The van der Waals surface area contributed by atoms with Crippen molar-refractivity contribution in [2.75, 3.05) is 0 Å². The van der Waals surface area contributed by atoms with Gasteiger partial charge in [0.05, 0.1) is 24.0 Å².